The van der Waals surface area contributed by atoms with Gasteiger partial charge in [-0.25, -0.2) is 0 Å². The van der Waals surface area contributed by atoms with Crippen LogP contribution in [0.5, 0.6) is 0 Å². The number of nitrogens with zero attached hydrogens (tertiary/aromatic N) is 1. The average molecular weight is 273 g/mol. The highest BCUT2D eigenvalue weighted by atomic mass is 32.2. The molecule has 1 rings (SSSR count). The monoisotopic (exact) mass is 272 g/mol. The minimum absolute atomic E-state index is 0.407. The Hall–Kier alpha value is 0.270. The molecule has 1 heterocycles. The van der Waals surface area contributed by atoms with E-state index < -0.39 is 0 Å². The predicted octanol–water partition coefficient (Wildman–Crippen LogP) is 3.23. The molecule has 0 amide bonds. The Labute approximate surface area is 118 Å². The summed E-state index contributed by atoms with van der Waals surface area (Å²) in [5, 5.41) is 3.78. The Morgan fingerprint density at radius 1 is 1.33 bits per heavy atom. The number of piperazine rings is 1. The molecule has 1 aliphatic rings. The molecule has 0 aromatic heterocycles. The number of thioether (sulfide) groups is 1. The van der Waals surface area contributed by atoms with Crippen molar-refractivity contribution in [3.8, 4) is 0 Å². The van der Waals surface area contributed by atoms with Gasteiger partial charge in [0.1, 0.15) is 0 Å². The molecule has 0 radical (unpaired) electrons. The summed E-state index contributed by atoms with van der Waals surface area (Å²) in [5.41, 5.74) is 0.407. The van der Waals surface area contributed by atoms with Crippen molar-refractivity contribution in [2.75, 3.05) is 31.6 Å². The van der Waals surface area contributed by atoms with E-state index >= 15 is 0 Å². The second-order valence-electron chi connectivity index (χ2n) is 5.96. The maximum atomic E-state index is 3.78. The lowest BCUT2D eigenvalue weighted by molar-refractivity contribution is 0.0228. The van der Waals surface area contributed by atoms with Gasteiger partial charge in [0.25, 0.3) is 0 Å². The summed E-state index contributed by atoms with van der Waals surface area (Å²) in [5.74, 6) is 2.03. The first-order valence-corrected chi connectivity index (χ1v) is 8.96. The molecule has 1 atom stereocenters. The second-order valence-corrected chi connectivity index (χ2v) is 6.94. The quantitative estimate of drug-likeness (QED) is 0.716. The molecule has 1 unspecified atom stereocenters. The molecule has 0 aromatic carbocycles. The third kappa shape index (κ3) is 3.88. The van der Waals surface area contributed by atoms with Crippen LogP contribution in [-0.4, -0.2) is 48.1 Å². The largest absolute Gasteiger partial charge is 0.311 e. The first-order valence-electron chi connectivity index (χ1n) is 7.57. The standard InChI is InChI=1S/C15H32N2S/c1-6-15(7-2)12-16-14(13(3)4)11-17(15)9-8-10-18-5/h13-14,16H,6-12H2,1-5H3. The molecule has 1 fully saturated rings. The van der Waals surface area contributed by atoms with E-state index in [9.17, 15) is 0 Å². The van der Waals surface area contributed by atoms with Crippen LogP contribution in [0.3, 0.4) is 0 Å². The zero-order valence-corrected chi connectivity index (χ0v) is 13.8. The normalized spacial score (nSPS) is 24.7. The summed E-state index contributed by atoms with van der Waals surface area (Å²) < 4.78 is 0. The second kappa shape index (κ2) is 7.76. The maximum Gasteiger partial charge on any atom is 0.0329 e. The van der Waals surface area contributed by atoms with Gasteiger partial charge in [-0.3, -0.25) is 4.90 Å². The van der Waals surface area contributed by atoms with Crippen molar-refractivity contribution in [3.63, 3.8) is 0 Å². The number of hydrogen-bond acceptors (Lipinski definition) is 3. The van der Waals surface area contributed by atoms with E-state index in [1.165, 1.54) is 44.6 Å². The van der Waals surface area contributed by atoms with Gasteiger partial charge in [-0.05, 0) is 43.7 Å². The molecule has 0 aromatic rings. The molecule has 0 saturated carbocycles. The van der Waals surface area contributed by atoms with Gasteiger partial charge in [-0.1, -0.05) is 27.7 Å². The van der Waals surface area contributed by atoms with E-state index in [0.29, 0.717) is 11.6 Å². The van der Waals surface area contributed by atoms with Crippen LogP contribution in [0.1, 0.15) is 47.0 Å². The van der Waals surface area contributed by atoms with E-state index in [1.54, 1.807) is 0 Å². The van der Waals surface area contributed by atoms with Crippen molar-refractivity contribution in [1.82, 2.24) is 10.2 Å². The summed E-state index contributed by atoms with van der Waals surface area (Å²) in [6, 6.07) is 0.672. The third-order valence-corrected chi connectivity index (χ3v) is 5.38. The van der Waals surface area contributed by atoms with Crippen molar-refractivity contribution in [1.29, 1.82) is 0 Å². The molecule has 2 nitrogen and oxygen atoms in total. The molecular formula is C15H32N2S. The van der Waals surface area contributed by atoms with Crippen LogP contribution in [0.15, 0.2) is 0 Å². The van der Waals surface area contributed by atoms with Crippen molar-refractivity contribution in [2.45, 2.75) is 58.5 Å². The number of rotatable bonds is 7. The zero-order valence-electron chi connectivity index (χ0n) is 13.0. The Morgan fingerprint density at radius 2 is 2.00 bits per heavy atom. The minimum atomic E-state index is 0.407. The Bertz CT molecular complexity index is 227. The zero-order chi connectivity index (χ0) is 13.6. The van der Waals surface area contributed by atoms with Crippen LogP contribution in [0, 0.1) is 5.92 Å². The number of nitrogens with one attached hydrogen (secondary N) is 1. The molecule has 108 valence electrons. The number of hydrogen-bond donors (Lipinski definition) is 1. The lowest BCUT2D eigenvalue weighted by Crippen LogP contribution is -2.65. The minimum Gasteiger partial charge on any atom is -0.311 e. The van der Waals surface area contributed by atoms with Gasteiger partial charge in [-0.15, -0.1) is 0 Å². The van der Waals surface area contributed by atoms with Gasteiger partial charge in [0, 0.05) is 24.7 Å². The van der Waals surface area contributed by atoms with Crippen LogP contribution in [0.25, 0.3) is 0 Å². The highest BCUT2D eigenvalue weighted by Gasteiger charge is 2.38. The summed E-state index contributed by atoms with van der Waals surface area (Å²) in [7, 11) is 0. The van der Waals surface area contributed by atoms with Crippen molar-refractivity contribution >= 4 is 11.8 Å². The van der Waals surface area contributed by atoms with Gasteiger partial charge >= 0.3 is 0 Å². The summed E-state index contributed by atoms with van der Waals surface area (Å²) in [6.07, 6.45) is 6.07. The summed E-state index contributed by atoms with van der Waals surface area (Å²) in [4.78, 5) is 2.78. The Kier molecular flexibility index (Phi) is 7.04. The van der Waals surface area contributed by atoms with Gasteiger partial charge < -0.3 is 5.32 Å². The highest BCUT2D eigenvalue weighted by molar-refractivity contribution is 7.98. The fourth-order valence-electron chi connectivity index (χ4n) is 3.05. The van der Waals surface area contributed by atoms with Crippen LogP contribution >= 0.6 is 11.8 Å². The first-order chi connectivity index (χ1) is 8.59. The van der Waals surface area contributed by atoms with E-state index in [2.05, 4.69) is 44.2 Å². The van der Waals surface area contributed by atoms with Crippen molar-refractivity contribution < 1.29 is 0 Å². The third-order valence-electron chi connectivity index (χ3n) is 4.68. The SMILES string of the molecule is CCC1(CC)CNC(C(C)C)CN1CCCSC. The topological polar surface area (TPSA) is 15.3 Å². The van der Waals surface area contributed by atoms with Crippen LogP contribution in [-0.2, 0) is 0 Å². The molecule has 18 heavy (non-hydrogen) atoms. The molecule has 0 spiro atoms. The van der Waals surface area contributed by atoms with Crippen LogP contribution in [0.2, 0.25) is 0 Å². The van der Waals surface area contributed by atoms with Crippen molar-refractivity contribution in [2.24, 2.45) is 5.92 Å². The fourth-order valence-corrected chi connectivity index (χ4v) is 3.47. The van der Waals surface area contributed by atoms with Crippen LogP contribution < -0.4 is 5.32 Å². The lowest BCUT2D eigenvalue weighted by Gasteiger charge is -2.50. The molecule has 1 aliphatic heterocycles. The highest BCUT2D eigenvalue weighted by Crippen LogP contribution is 2.28. The van der Waals surface area contributed by atoms with Crippen molar-refractivity contribution in [3.05, 3.63) is 0 Å². The fraction of sp³-hybridized carbons (Fsp3) is 1.00. The van der Waals surface area contributed by atoms with E-state index in [-0.39, 0.29) is 0 Å². The van der Waals surface area contributed by atoms with Gasteiger partial charge in [0.2, 0.25) is 0 Å². The molecule has 3 heteroatoms. The smallest absolute Gasteiger partial charge is 0.0329 e. The van der Waals surface area contributed by atoms with E-state index in [0.717, 1.165) is 5.92 Å². The Morgan fingerprint density at radius 3 is 2.50 bits per heavy atom. The summed E-state index contributed by atoms with van der Waals surface area (Å²) >= 11 is 1.97. The van der Waals surface area contributed by atoms with Crippen LogP contribution in [0.4, 0.5) is 0 Å². The van der Waals surface area contributed by atoms with E-state index in [4.69, 9.17) is 0 Å². The maximum absolute atomic E-state index is 3.78. The molecular weight excluding hydrogens is 240 g/mol. The molecule has 0 aliphatic carbocycles. The van der Waals surface area contributed by atoms with Gasteiger partial charge in [0.15, 0.2) is 0 Å². The molecule has 1 N–H and O–H groups in total. The van der Waals surface area contributed by atoms with Gasteiger partial charge in [0.05, 0.1) is 0 Å². The average Bonchev–Trinajstić information content (AvgIpc) is 2.39. The molecule has 1 saturated heterocycles. The Balaban J connectivity index is 2.66. The van der Waals surface area contributed by atoms with E-state index in [1.807, 2.05) is 11.8 Å². The predicted molar refractivity (Wildman–Crippen MR) is 84.5 cm³/mol. The summed E-state index contributed by atoms with van der Waals surface area (Å²) in [6.45, 7) is 13.0. The molecule has 0 bridgehead atoms. The lowest BCUT2D eigenvalue weighted by atomic mass is 9.85. The first kappa shape index (κ1) is 16.3. The van der Waals surface area contributed by atoms with Gasteiger partial charge in [-0.2, -0.15) is 11.8 Å².